The molecule has 2 amide bonds. The van der Waals surface area contributed by atoms with E-state index in [1.807, 2.05) is 0 Å². The number of rotatable bonds is 4. The SMILES string of the molecule is O=C(NC1(C(=O)O)CCC1)C1CC(=O)N(c2ccc(Cl)cc2)C1. The molecule has 0 radical (unpaired) electrons. The van der Waals surface area contributed by atoms with E-state index in [-0.39, 0.29) is 24.8 Å². The quantitative estimate of drug-likeness (QED) is 0.878. The summed E-state index contributed by atoms with van der Waals surface area (Å²) < 4.78 is 0. The van der Waals surface area contributed by atoms with Gasteiger partial charge in [0.1, 0.15) is 5.54 Å². The fourth-order valence-corrected chi connectivity index (χ4v) is 3.14. The molecule has 1 aromatic carbocycles. The van der Waals surface area contributed by atoms with Crippen molar-refractivity contribution in [2.75, 3.05) is 11.4 Å². The Morgan fingerprint density at radius 1 is 1.26 bits per heavy atom. The number of carboxylic acid groups (broad SMARTS) is 1. The van der Waals surface area contributed by atoms with E-state index in [9.17, 15) is 19.5 Å². The first kappa shape index (κ1) is 15.8. The highest BCUT2D eigenvalue weighted by Crippen LogP contribution is 2.33. The lowest BCUT2D eigenvalue weighted by Gasteiger charge is -2.38. The van der Waals surface area contributed by atoms with Gasteiger partial charge < -0.3 is 15.3 Å². The van der Waals surface area contributed by atoms with Crippen molar-refractivity contribution in [3.63, 3.8) is 0 Å². The number of carboxylic acids is 1. The van der Waals surface area contributed by atoms with Crippen molar-refractivity contribution in [2.45, 2.75) is 31.2 Å². The van der Waals surface area contributed by atoms with Crippen LogP contribution in [0, 0.1) is 5.92 Å². The lowest BCUT2D eigenvalue weighted by Crippen LogP contribution is -2.60. The van der Waals surface area contributed by atoms with Gasteiger partial charge in [0.25, 0.3) is 0 Å². The normalized spacial score (nSPS) is 22.6. The molecule has 23 heavy (non-hydrogen) atoms. The van der Waals surface area contributed by atoms with Crippen LogP contribution in [0.3, 0.4) is 0 Å². The van der Waals surface area contributed by atoms with Crippen LogP contribution in [0.2, 0.25) is 5.02 Å². The minimum absolute atomic E-state index is 0.0875. The maximum Gasteiger partial charge on any atom is 0.329 e. The number of amides is 2. The van der Waals surface area contributed by atoms with Gasteiger partial charge >= 0.3 is 5.97 Å². The molecule has 1 atom stereocenters. The van der Waals surface area contributed by atoms with E-state index in [1.54, 1.807) is 24.3 Å². The number of halogens is 1. The summed E-state index contributed by atoms with van der Waals surface area (Å²) in [5.74, 6) is -2.05. The Morgan fingerprint density at radius 3 is 2.43 bits per heavy atom. The largest absolute Gasteiger partial charge is 0.480 e. The Hall–Kier alpha value is -2.08. The van der Waals surface area contributed by atoms with Gasteiger partial charge in [0.15, 0.2) is 0 Å². The van der Waals surface area contributed by atoms with Crippen LogP contribution in [0.4, 0.5) is 5.69 Å². The highest BCUT2D eigenvalue weighted by molar-refractivity contribution is 6.30. The highest BCUT2D eigenvalue weighted by Gasteiger charge is 2.47. The molecule has 2 fully saturated rings. The summed E-state index contributed by atoms with van der Waals surface area (Å²) in [6, 6.07) is 6.83. The number of nitrogens with zero attached hydrogens (tertiary/aromatic N) is 1. The topological polar surface area (TPSA) is 86.7 Å². The van der Waals surface area contributed by atoms with Crippen LogP contribution in [0.25, 0.3) is 0 Å². The van der Waals surface area contributed by atoms with Gasteiger partial charge in [0, 0.05) is 23.7 Å². The number of carbonyl (C=O) groups is 3. The summed E-state index contributed by atoms with van der Waals surface area (Å²) in [6.45, 7) is 0.252. The summed E-state index contributed by atoms with van der Waals surface area (Å²) >= 11 is 5.84. The average Bonchev–Trinajstić information content (AvgIpc) is 2.85. The Balaban J connectivity index is 1.68. The van der Waals surface area contributed by atoms with Crippen molar-refractivity contribution in [3.8, 4) is 0 Å². The van der Waals surface area contributed by atoms with Gasteiger partial charge in [0.05, 0.1) is 5.92 Å². The molecule has 2 N–H and O–H groups in total. The van der Waals surface area contributed by atoms with E-state index in [4.69, 9.17) is 11.6 Å². The number of hydrogen-bond donors (Lipinski definition) is 2. The summed E-state index contributed by atoms with van der Waals surface area (Å²) in [5.41, 5.74) is -0.459. The standard InChI is InChI=1S/C16H17ClN2O4/c17-11-2-4-12(5-3-11)19-9-10(8-13(19)20)14(21)18-16(15(22)23)6-1-7-16/h2-5,10H,1,6-9H2,(H,18,21)(H,22,23). The molecular formula is C16H17ClN2O4. The Bertz CT molecular complexity index is 655. The van der Waals surface area contributed by atoms with Crippen molar-refractivity contribution < 1.29 is 19.5 Å². The third-order valence-electron chi connectivity index (χ3n) is 4.61. The molecule has 0 bridgehead atoms. The van der Waals surface area contributed by atoms with Crippen molar-refractivity contribution in [2.24, 2.45) is 5.92 Å². The molecule has 1 aromatic rings. The molecule has 1 saturated heterocycles. The minimum Gasteiger partial charge on any atom is -0.480 e. The molecule has 0 aromatic heterocycles. The summed E-state index contributed by atoms with van der Waals surface area (Å²) in [6.07, 6.45) is 1.75. The van der Waals surface area contributed by atoms with Gasteiger partial charge in [0.2, 0.25) is 11.8 Å². The van der Waals surface area contributed by atoms with Crippen molar-refractivity contribution in [1.82, 2.24) is 5.32 Å². The summed E-state index contributed by atoms with van der Waals surface area (Å²) in [5, 5.41) is 12.5. The van der Waals surface area contributed by atoms with Crippen LogP contribution in [0.1, 0.15) is 25.7 Å². The van der Waals surface area contributed by atoms with Crippen LogP contribution >= 0.6 is 11.6 Å². The molecule has 1 unspecified atom stereocenters. The maximum atomic E-state index is 12.4. The van der Waals surface area contributed by atoms with Crippen LogP contribution in [0.5, 0.6) is 0 Å². The second kappa shape index (κ2) is 5.85. The average molecular weight is 337 g/mol. The smallest absolute Gasteiger partial charge is 0.329 e. The predicted octanol–water partition coefficient (Wildman–Crippen LogP) is 1.82. The fourth-order valence-electron chi connectivity index (χ4n) is 3.01. The molecule has 122 valence electrons. The molecule has 3 rings (SSSR count). The number of benzene rings is 1. The van der Waals surface area contributed by atoms with Gasteiger partial charge in [-0.25, -0.2) is 4.79 Å². The first-order chi connectivity index (χ1) is 10.9. The zero-order valence-corrected chi connectivity index (χ0v) is 13.2. The maximum absolute atomic E-state index is 12.4. The van der Waals surface area contributed by atoms with Crippen LogP contribution in [0.15, 0.2) is 24.3 Å². The number of anilines is 1. The van der Waals surface area contributed by atoms with E-state index < -0.39 is 17.4 Å². The summed E-state index contributed by atoms with van der Waals surface area (Å²) in [4.78, 5) is 37.4. The molecule has 1 aliphatic carbocycles. The first-order valence-corrected chi connectivity index (χ1v) is 7.90. The van der Waals surface area contributed by atoms with E-state index in [1.165, 1.54) is 4.90 Å². The number of carbonyl (C=O) groups excluding carboxylic acids is 2. The number of aliphatic carboxylic acids is 1. The van der Waals surface area contributed by atoms with Gasteiger partial charge in [-0.2, -0.15) is 0 Å². The molecule has 6 nitrogen and oxygen atoms in total. The van der Waals surface area contributed by atoms with Gasteiger partial charge in [-0.05, 0) is 43.5 Å². The van der Waals surface area contributed by atoms with Crippen molar-refractivity contribution >= 4 is 35.1 Å². The monoisotopic (exact) mass is 336 g/mol. The molecule has 0 spiro atoms. The molecular weight excluding hydrogens is 320 g/mol. The first-order valence-electron chi connectivity index (χ1n) is 7.53. The number of hydrogen-bond acceptors (Lipinski definition) is 3. The second-order valence-electron chi connectivity index (χ2n) is 6.11. The van der Waals surface area contributed by atoms with Gasteiger partial charge in [-0.15, -0.1) is 0 Å². The fraction of sp³-hybridized carbons (Fsp3) is 0.438. The van der Waals surface area contributed by atoms with Crippen molar-refractivity contribution in [3.05, 3.63) is 29.3 Å². The second-order valence-corrected chi connectivity index (χ2v) is 6.55. The number of nitrogens with one attached hydrogen (secondary N) is 1. The van der Waals surface area contributed by atoms with Gasteiger partial charge in [-0.1, -0.05) is 11.6 Å². The molecule has 2 aliphatic rings. The molecule has 1 saturated carbocycles. The lowest BCUT2D eigenvalue weighted by molar-refractivity contribution is -0.152. The molecule has 1 aliphatic heterocycles. The van der Waals surface area contributed by atoms with Gasteiger partial charge in [-0.3, -0.25) is 9.59 Å². The zero-order chi connectivity index (χ0) is 16.6. The minimum atomic E-state index is -1.15. The van der Waals surface area contributed by atoms with E-state index in [0.717, 1.165) is 6.42 Å². The zero-order valence-electron chi connectivity index (χ0n) is 12.4. The van der Waals surface area contributed by atoms with E-state index in [0.29, 0.717) is 23.6 Å². The van der Waals surface area contributed by atoms with Crippen LogP contribution in [-0.4, -0.2) is 35.0 Å². The lowest BCUT2D eigenvalue weighted by atomic mass is 9.76. The Labute approximate surface area is 138 Å². The van der Waals surface area contributed by atoms with E-state index >= 15 is 0 Å². The molecule has 7 heteroatoms. The third-order valence-corrected chi connectivity index (χ3v) is 4.87. The van der Waals surface area contributed by atoms with E-state index in [2.05, 4.69) is 5.32 Å². The van der Waals surface area contributed by atoms with Crippen LogP contribution < -0.4 is 10.2 Å². The summed E-state index contributed by atoms with van der Waals surface area (Å²) in [7, 11) is 0. The Morgan fingerprint density at radius 2 is 1.91 bits per heavy atom. The van der Waals surface area contributed by atoms with Crippen LogP contribution in [-0.2, 0) is 14.4 Å². The highest BCUT2D eigenvalue weighted by atomic mass is 35.5. The van der Waals surface area contributed by atoms with Crippen molar-refractivity contribution in [1.29, 1.82) is 0 Å². The molecule has 1 heterocycles. The third kappa shape index (κ3) is 2.91. The predicted molar refractivity (Wildman–Crippen MR) is 84.3 cm³/mol. The Kier molecular flexibility index (Phi) is 4.02.